The third kappa shape index (κ3) is 3.51. The zero-order chi connectivity index (χ0) is 19.9. The molecule has 9 heteroatoms. The topological polar surface area (TPSA) is 56.0 Å². The van der Waals surface area contributed by atoms with Crippen LogP contribution in [0.1, 0.15) is 6.92 Å². The van der Waals surface area contributed by atoms with E-state index < -0.39 is 16.3 Å². The molecule has 2 aromatic carbocycles. The third-order valence-electron chi connectivity index (χ3n) is 3.97. The van der Waals surface area contributed by atoms with Crippen LogP contribution in [0.3, 0.4) is 0 Å². The van der Waals surface area contributed by atoms with Gasteiger partial charge in [-0.15, -0.1) is 11.8 Å². The number of thioether (sulfide) groups is 1. The molecule has 0 spiro atoms. The van der Waals surface area contributed by atoms with Crippen LogP contribution in [0.15, 0.2) is 62.7 Å². The van der Waals surface area contributed by atoms with E-state index in [4.69, 9.17) is 4.42 Å². The lowest BCUT2D eigenvalue weighted by molar-refractivity contribution is -0.0384. The number of para-hydroxylation sites is 1. The van der Waals surface area contributed by atoms with E-state index in [1.54, 1.807) is 11.8 Å². The number of pyridine rings is 1. The highest BCUT2D eigenvalue weighted by atomic mass is 32.2. The van der Waals surface area contributed by atoms with E-state index in [9.17, 15) is 17.4 Å². The molecule has 0 N–H and O–H groups in total. The fourth-order valence-corrected chi connectivity index (χ4v) is 4.24. The number of aromatic nitrogens is 2. The lowest BCUT2D eigenvalue weighted by atomic mass is 10.2. The molecule has 0 aliphatic rings. The molecule has 0 aliphatic heterocycles. The highest BCUT2D eigenvalue weighted by molar-refractivity contribution is 7.99. The summed E-state index contributed by atoms with van der Waals surface area (Å²) in [6.45, 7) is 2.01. The second-order valence-corrected chi connectivity index (χ2v) is 8.60. The van der Waals surface area contributed by atoms with Crippen LogP contribution in [0.25, 0.3) is 33.6 Å². The summed E-state index contributed by atoms with van der Waals surface area (Å²) in [6.07, 6.45) is 0. The average Bonchev–Trinajstić information content (AvgIpc) is 3.09. The second kappa shape index (κ2) is 7.21. The fraction of sp³-hybridized carbons (Fsp3) is 0.158. The average molecular weight is 422 g/mol. The quantitative estimate of drug-likeness (QED) is 0.390. The molecular weight excluding hydrogens is 409 g/mol. The molecule has 0 aliphatic carbocycles. The van der Waals surface area contributed by atoms with Crippen LogP contribution in [0.5, 0.6) is 0 Å². The first-order valence-electron chi connectivity index (χ1n) is 8.29. The van der Waals surface area contributed by atoms with Crippen molar-refractivity contribution in [2.75, 3.05) is 5.75 Å². The second-order valence-electron chi connectivity index (χ2n) is 5.82. The van der Waals surface area contributed by atoms with Gasteiger partial charge in [-0.1, -0.05) is 25.1 Å². The number of oxazole rings is 1. The summed E-state index contributed by atoms with van der Waals surface area (Å²) in [4.78, 5) is 9.45. The summed E-state index contributed by atoms with van der Waals surface area (Å²) >= 11 is 1.57. The summed E-state index contributed by atoms with van der Waals surface area (Å²) < 4.78 is 55.5. The van der Waals surface area contributed by atoms with Gasteiger partial charge in [0.05, 0.1) is 10.4 Å². The molecule has 144 valence electrons. The van der Waals surface area contributed by atoms with Gasteiger partial charge in [-0.3, -0.25) is 0 Å². The Morgan fingerprint density at radius 3 is 2.61 bits per heavy atom. The van der Waals surface area contributed by atoms with E-state index in [-0.39, 0.29) is 16.3 Å². The molecule has 0 radical (unpaired) electrons. The molecule has 28 heavy (non-hydrogen) atoms. The van der Waals surface area contributed by atoms with Gasteiger partial charge in [-0.05, 0) is 36.1 Å². The highest BCUT2D eigenvalue weighted by Crippen LogP contribution is 2.35. The van der Waals surface area contributed by atoms with Gasteiger partial charge in [-0.25, -0.2) is 14.2 Å². The Hall–Kier alpha value is -2.39. The van der Waals surface area contributed by atoms with Crippen LogP contribution in [0.4, 0.5) is 13.2 Å². The first-order valence-corrected chi connectivity index (χ1v) is 10.4. The van der Waals surface area contributed by atoms with Gasteiger partial charge in [0.15, 0.2) is 16.4 Å². The Bertz CT molecular complexity index is 1200. The highest BCUT2D eigenvalue weighted by Gasteiger charge is 2.38. The number of fused-ring (bicyclic) bond motifs is 2. The number of hydrogen-bond acceptors (Lipinski definition) is 5. The van der Waals surface area contributed by atoms with Crippen molar-refractivity contribution in [3.05, 3.63) is 48.5 Å². The van der Waals surface area contributed by atoms with Crippen molar-refractivity contribution < 1.29 is 21.8 Å². The van der Waals surface area contributed by atoms with Crippen molar-refractivity contribution in [1.29, 1.82) is 0 Å². The monoisotopic (exact) mass is 422 g/mol. The fourth-order valence-electron chi connectivity index (χ4n) is 2.77. The predicted molar refractivity (Wildman–Crippen MR) is 104 cm³/mol. The SMILES string of the molecule is CCSc1cc2ccccc2nc1-c1nc2cc(S(=O)C(F)(F)F)ccc2o1. The van der Waals surface area contributed by atoms with Gasteiger partial charge >= 0.3 is 5.51 Å². The van der Waals surface area contributed by atoms with E-state index >= 15 is 0 Å². The molecule has 2 aromatic heterocycles. The standard InChI is InChI=1S/C19H13F3N2O2S2/c1-2-27-16-9-11-5-3-4-6-13(11)23-17(16)18-24-14-10-12(7-8-15(14)26-18)28(25)19(20,21)22/h3-10H,2H2,1H3. The summed E-state index contributed by atoms with van der Waals surface area (Å²) in [5.74, 6) is 1.02. The molecule has 1 atom stereocenters. The normalized spacial score (nSPS) is 13.3. The minimum absolute atomic E-state index is 0.201. The largest absolute Gasteiger partial charge is 0.475 e. The van der Waals surface area contributed by atoms with Crippen LogP contribution in [0, 0.1) is 0 Å². The van der Waals surface area contributed by atoms with Crippen molar-refractivity contribution in [1.82, 2.24) is 9.97 Å². The van der Waals surface area contributed by atoms with Crippen LogP contribution in [-0.4, -0.2) is 25.4 Å². The Morgan fingerprint density at radius 1 is 1.07 bits per heavy atom. The molecule has 1 unspecified atom stereocenters. The summed E-state index contributed by atoms with van der Waals surface area (Å²) in [7, 11) is -3.12. The molecule has 2 heterocycles. The minimum Gasteiger partial charge on any atom is -0.435 e. The maximum Gasteiger partial charge on any atom is 0.475 e. The predicted octanol–water partition coefficient (Wildman–Crippen LogP) is 5.78. The molecule has 0 saturated heterocycles. The van der Waals surface area contributed by atoms with Crippen LogP contribution < -0.4 is 0 Å². The molecule has 4 aromatic rings. The smallest absolute Gasteiger partial charge is 0.435 e. The van der Waals surface area contributed by atoms with Gasteiger partial charge in [0.2, 0.25) is 5.89 Å². The van der Waals surface area contributed by atoms with Gasteiger partial charge in [-0.2, -0.15) is 13.2 Å². The number of alkyl halides is 3. The van der Waals surface area contributed by atoms with Crippen LogP contribution in [-0.2, 0) is 10.8 Å². The molecule has 4 rings (SSSR count). The van der Waals surface area contributed by atoms with E-state index in [1.807, 2.05) is 37.3 Å². The maximum atomic E-state index is 12.7. The number of nitrogens with zero attached hydrogens (tertiary/aromatic N) is 2. The molecule has 0 saturated carbocycles. The summed E-state index contributed by atoms with van der Waals surface area (Å²) in [5.41, 5.74) is -3.03. The number of halogens is 3. The molecular formula is C19H13F3N2O2S2. The maximum absolute atomic E-state index is 12.7. The molecule has 0 bridgehead atoms. The van der Waals surface area contributed by atoms with Crippen molar-refractivity contribution >= 4 is 44.6 Å². The van der Waals surface area contributed by atoms with Gasteiger partial charge in [0, 0.05) is 10.3 Å². The number of hydrogen-bond donors (Lipinski definition) is 0. The van der Waals surface area contributed by atoms with Gasteiger partial charge < -0.3 is 4.42 Å². The van der Waals surface area contributed by atoms with Gasteiger partial charge in [0.1, 0.15) is 11.2 Å². The van der Waals surface area contributed by atoms with Crippen LogP contribution >= 0.6 is 11.8 Å². The van der Waals surface area contributed by atoms with Crippen molar-refractivity contribution in [3.8, 4) is 11.6 Å². The Labute approximate surface area is 164 Å². The molecule has 4 nitrogen and oxygen atoms in total. The van der Waals surface area contributed by atoms with E-state index in [1.165, 1.54) is 6.07 Å². The Morgan fingerprint density at radius 2 is 1.86 bits per heavy atom. The number of benzene rings is 2. The Balaban J connectivity index is 1.85. The zero-order valence-electron chi connectivity index (χ0n) is 14.5. The van der Waals surface area contributed by atoms with Crippen molar-refractivity contribution in [2.24, 2.45) is 0 Å². The van der Waals surface area contributed by atoms with Crippen molar-refractivity contribution in [2.45, 2.75) is 22.2 Å². The van der Waals surface area contributed by atoms with E-state index in [2.05, 4.69) is 9.97 Å². The zero-order valence-corrected chi connectivity index (χ0v) is 16.1. The minimum atomic E-state index is -4.83. The van der Waals surface area contributed by atoms with E-state index in [0.29, 0.717) is 11.3 Å². The number of rotatable bonds is 4. The lowest BCUT2D eigenvalue weighted by Gasteiger charge is -2.06. The van der Waals surface area contributed by atoms with E-state index in [0.717, 1.165) is 33.7 Å². The van der Waals surface area contributed by atoms with Gasteiger partial charge in [0.25, 0.3) is 0 Å². The first kappa shape index (κ1) is 18.9. The summed E-state index contributed by atoms with van der Waals surface area (Å²) in [6, 6.07) is 13.2. The first-order chi connectivity index (χ1) is 13.4. The molecule has 0 amide bonds. The van der Waals surface area contributed by atoms with Crippen molar-refractivity contribution in [3.63, 3.8) is 0 Å². The summed E-state index contributed by atoms with van der Waals surface area (Å²) in [5, 5.41) is 0.973. The molecule has 0 fully saturated rings. The lowest BCUT2D eigenvalue weighted by Crippen LogP contribution is -2.16. The Kier molecular flexibility index (Phi) is 4.88. The van der Waals surface area contributed by atoms with Crippen LogP contribution in [0.2, 0.25) is 0 Å². The third-order valence-corrected chi connectivity index (χ3v) is 5.99.